The van der Waals surface area contributed by atoms with Crippen LogP contribution in [0.1, 0.15) is 60.8 Å². The summed E-state index contributed by atoms with van der Waals surface area (Å²) in [5.41, 5.74) is 2.43. The Morgan fingerprint density at radius 2 is 1.67 bits per heavy atom. The monoisotopic (exact) mass is 502 g/mol. The zero-order valence-corrected chi connectivity index (χ0v) is 18.9. The molecule has 2 aromatic rings. The third-order valence-corrected chi connectivity index (χ3v) is 5.78. The Hall–Kier alpha value is -0.940. The van der Waals surface area contributed by atoms with Gasteiger partial charge in [0, 0.05) is 5.56 Å². The Bertz CT molecular complexity index is 702. The Morgan fingerprint density at radius 3 is 2.22 bits per heavy atom. The third kappa shape index (κ3) is 6.56. The van der Waals surface area contributed by atoms with Gasteiger partial charge in [0.2, 0.25) is 0 Å². The van der Waals surface area contributed by atoms with E-state index in [4.69, 9.17) is 4.74 Å². The molecule has 27 heavy (non-hydrogen) atoms. The second-order valence-corrected chi connectivity index (χ2v) is 8.31. The molecule has 0 aliphatic heterocycles. The highest BCUT2D eigenvalue weighted by Crippen LogP contribution is 2.37. The fourth-order valence-corrected chi connectivity index (χ4v) is 3.68. The van der Waals surface area contributed by atoms with E-state index < -0.39 is 10.2 Å². The van der Waals surface area contributed by atoms with Crippen LogP contribution in [0.15, 0.2) is 42.5 Å². The molecular formula is C22H26Br2F2O. The van der Waals surface area contributed by atoms with Crippen LogP contribution in [-0.4, -0.2) is 6.61 Å². The van der Waals surface area contributed by atoms with Crippen molar-refractivity contribution >= 4 is 31.9 Å². The van der Waals surface area contributed by atoms with Crippen molar-refractivity contribution < 1.29 is 13.5 Å². The van der Waals surface area contributed by atoms with Gasteiger partial charge < -0.3 is 4.74 Å². The van der Waals surface area contributed by atoms with Crippen molar-refractivity contribution in [3.63, 3.8) is 0 Å². The molecule has 3 unspecified atom stereocenters. The molecule has 148 valence electrons. The normalized spacial score (nSPS) is 14.6. The molecule has 0 radical (unpaired) electrons. The zero-order valence-electron chi connectivity index (χ0n) is 15.7. The summed E-state index contributed by atoms with van der Waals surface area (Å²) in [4.78, 5) is 0. The van der Waals surface area contributed by atoms with E-state index >= 15 is 0 Å². The largest absolute Gasteiger partial charge is 0.493 e. The number of hydrogen-bond donors (Lipinski definition) is 0. The summed E-state index contributed by atoms with van der Waals surface area (Å²) in [6.45, 7) is 5.10. The lowest BCUT2D eigenvalue weighted by Gasteiger charge is -2.16. The van der Waals surface area contributed by atoms with E-state index in [-0.39, 0.29) is 0 Å². The van der Waals surface area contributed by atoms with Crippen molar-refractivity contribution in [2.45, 2.75) is 49.7 Å². The van der Waals surface area contributed by atoms with Crippen LogP contribution in [-0.2, 0) is 0 Å². The predicted molar refractivity (Wildman–Crippen MR) is 116 cm³/mol. The van der Waals surface area contributed by atoms with Gasteiger partial charge in [0.05, 0.1) is 6.61 Å². The first-order chi connectivity index (χ1) is 13.0. The fraction of sp³-hybridized carbons (Fsp3) is 0.455. The number of halogens is 4. The minimum Gasteiger partial charge on any atom is -0.493 e. The lowest BCUT2D eigenvalue weighted by Crippen LogP contribution is -2.11. The standard InChI is InChI=1S/C22H26Br2F2O/c1-3-5-6-15(4-2)14-27-18-10-7-16(8-11-18)20-13-17(21(23)25)9-12-19(20)22(24)26/h7-13,15,21-22H,3-6,14H2,1-2H3. The lowest BCUT2D eigenvalue weighted by atomic mass is 9.98. The van der Waals surface area contributed by atoms with Crippen LogP contribution in [0.3, 0.4) is 0 Å². The van der Waals surface area contributed by atoms with Crippen molar-refractivity contribution in [2.75, 3.05) is 6.61 Å². The molecule has 0 saturated carbocycles. The third-order valence-electron chi connectivity index (χ3n) is 4.76. The van der Waals surface area contributed by atoms with E-state index in [0.29, 0.717) is 29.2 Å². The zero-order chi connectivity index (χ0) is 19.8. The maximum Gasteiger partial charge on any atom is 0.180 e. The van der Waals surface area contributed by atoms with E-state index in [0.717, 1.165) is 17.7 Å². The first-order valence-corrected chi connectivity index (χ1v) is 11.2. The number of rotatable bonds is 10. The van der Waals surface area contributed by atoms with Gasteiger partial charge in [-0.15, -0.1) is 0 Å². The highest BCUT2D eigenvalue weighted by atomic mass is 79.9. The molecule has 0 bridgehead atoms. The summed E-state index contributed by atoms with van der Waals surface area (Å²) in [6.07, 6.45) is 4.71. The van der Waals surface area contributed by atoms with Crippen molar-refractivity contribution in [3.05, 3.63) is 53.6 Å². The Kier molecular flexibility index (Phi) is 9.24. The van der Waals surface area contributed by atoms with Gasteiger partial charge in [-0.25, -0.2) is 8.78 Å². The topological polar surface area (TPSA) is 9.23 Å². The van der Waals surface area contributed by atoms with E-state index in [2.05, 4.69) is 45.7 Å². The molecule has 0 saturated heterocycles. The summed E-state index contributed by atoms with van der Waals surface area (Å²) in [5, 5.41) is -2.59. The van der Waals surface area contributed by atoms with Crippen LogP contribution in [0.2, 0.25) is 0 Å². The molecule has 0 spiro atoms. The Morgan fingerprint density at radius 1 is 0.963 bits per heavy atom. The van der Waals surface area contributed by atoms with Crippen molar-refractivity contribution in [1.82, 2.24) is 0 Å². The van der Waals surface area contributed by atoms with Gasteiger partial charge in [-0.3, -0.25) is 0 Å². The van der Waals surface area contributed by atoms with Crippen LogP contribution in [0.25, 0.3) is 11.1 Å². The van der Waals surface area contributed by atoms with E-state index in [9.17, 15) is 8.78 Å². The Balaban J connectivity index is 2.15. The summed E-state index contributed by atoms with van der Waals surface area (Å²) >= 11 is 5.91. The highest BCUT2D eigenvalue weighted by Gasteiger charge is 2.16. The van der Waals surface area contributed by atoms with E-state index in [1.54, 1.807) is 18.2 Å². The quantitative estimate of drug-likeness (QED) is 0.294. The van der Waals surface area contributed by atoms with Crippen LogP contribution in [0.5, 0.6) is 5.75 Å². The number of hydrogen-bond acceptors (Lipinski definition) is 1. The molecule has 1 nitrogen and oxygen atoms in total. The van der Waals surface area contributed by atoms with Gasteiger partial charge in [0.1, 0.15) is 5.75 Å². The number of ether oxygens (including phenoxy) is 1. The Labute approximate surface area is 177 Å². The summed E-state index contributed by atoms with van der Waals surface area (Å²) in [5.74, 6) is 1.36. The smallest absolute Gasteiger partial charge is 0.180 e. The molecule has 0 heterocycles. The first-order valence-electron chi connectivity index (χ1n) is 9.39. The minimum absolute atomic E-state index is 0.462. The molecule has 0 fully saturated rings. The van der Waals surface area contributed by atoms with E-state index in [1.165, 1.54) is 19.3 Å². The molecule has 0 amide bonds. The van der Waals surface area contributed by atoms with Gasteiger partial charge in [-0.2, -0.15) is 0 Å². The number of unbranched alkanes of at least 4 members (excludes halogenated alkanes) is 1. The molecule has 0 aliphatic rings. The molecule has 0 N–H and O–H groups in total. The highest BCUT2D eigenvalue weighted by molar-refractivity contribution is 9.09. The van der Waals surface area contributed by atoms with Gasteiger partial charge in [-0.1, -0.05) is 57.4 Å². The van der Waals surface area contributed by atoms with Crippen molar-refractivity contribution in [3.8, 4) is 16.9 Å². The second kappa shape index (κ2) is 11.2. The van der Waals surface area contributed by atoms with Crippen molar-refractivity contribution in [2.24, 2.45) is 5.92 Å². The lowest BCUT2D eigenvalue weighted by molar-refractivity contribution is 0.233. The molecule has 0 aliphatic carbocycles. The first kappa shape index (κ1) is 22.4. The van der Waals surface area contributed by atoms with Crippen LogP contribution < -0.4 is 4.74 Å². The summed E-state index contributed by atoms with van der Waals surface area (Å²) in [6, 6.07) is 12.4. The summed E-state index contributed by atoms with van der Waals surface area (Å²) in [7, 11) is 0. The maximum absolute atomic E-state index is 13.9. The molecule has 2 aromatic carbocycles. The second-order valence-electron chi connectivity index (χ2n) is 6.70. The number of benzene rings is 2. The molecule has 2 rings (SSSR count). The predicted octanol–water partition coefficient (Wildman–Crippen LogP) is 8.67. The molecule has 0 aromatic heterocycles. The number of alkyl halides is 4. The molecule has 3 atom stereocenters. The van der Waals surface area contributed by atoms with Gasteiger partial charge in [-0.05, 0) is 79.1 Å². The molecular weight excluding hydrogens is 478 g/mol. The van der Waals surface area contributed by atoms with Gasteiger partial charge in [0.25, 0.3) is 0 Å². The SMILES string of the molecule is CCCCC(CC)COc1ccc(-c2cc(C(F)Br)ccc2C(F)Br)cc1. The molecule has 5 heteroatoms. The van der Waals surface area contributed by atoms with Gasteiger partial charge >= 0.3 is 0 Å². The van der Waals surface area contributed by atoms with Crippen molar-refractivity contribution in [1.29, 1.82) is 0 Å². The average Bonchev–Trinajstić information content (AvgIpc) is 2.68. The maximum atomic E-state index is 13.9. The average molecular weight is 504 g/mol. The van der Waals surface area contributed by atoms with Gasteiger partial charge in [0.15, 0.2) is 10.2 Å². The van der Waals surface area contributed by atoms with Crippen LogP contribution >= 0.6 is 31.9 Å². The van der Waals surface area contributed by atoms with E-state index in [1.807, 2.05) is 24.3 Å². The minimum atomic E-state index is -1.31. The summed E-state index contributed by atoms with van der Waals surface area (Å²) < 4.78 is 33.5. The fourth-order valence-electron chi connectivity index (χ4n) is 2.99. The van der Waals surface area contributed by atoms with Crippen LogP contribution in [0.4, 0.5) is 8.78 Å². The van der Waals surface area contributed by atoms with Crippen LogP contribution in [0, 0.1) is 5.92 Å².